The van der Waals surface area contributed by atoms with Crippen molar-refractivity contribution in [3.05, 3.63) is 65.6 Å². The lowest BCUT2D eigenvalue weighted by atomic mass is 10.0. The second-order valence-electron chi connectivity index (χ2n) is 5.76. The van der Waals surface area contributed by atoms with Crippen LogP contribution in [-0.2, 0) is 0 Å². The normalized spacial score (nSPS) is 10.9. The molecule has 3 heterocycles. The van der Waals surface area contributed by atoms with E-state index < -0.39 is 0 Å². The number of carbonyl (C=O) groups excluding carboxylic acids is 1. The van der Waals surface area contributed by atoms with Crippen LogP contribution in [0.25, 0.3) is 33.4 Å². The van der Waals surface area contributed by atoms with E-state index in [1.807, 2.05) is 0 Å². The minimum atomic E-state index is -0.360. The SMILES string of the molecule is CNC(=O)c1cncc(-c2cnc3[nH]cc(-c4ccccc4F)c3c2Cl)n1. The number of carbonyl (C=O) groups is 1. The van der Waals surface area contributed by atoms with Crippen molar-refractivity contribution < 1.29 is 9.18 Å². The molecule has 0 saturated heterocycles. The van der Waals surface area contributed by atoms with Gasteiger partial charge in [-0.15, -0.1) is 0 Å². The molecule has 4 rings (SSSR count). The van der Waals surface area contributed by atoms with E-state index in [4.69, 9.17) is 11.6 Å². The van der Waals surface area contributed by atoms with Gasteiger partial charge in [0.1, 0.15) is 17.2 Å². The summed E-state index contributed by atoms with van der Waals surface area (Å²) in [7, 11) is 1.51. The molecule has 1 aromatic carbocycles. The van der Waals surface area contributed by atoms with Crippen LogP contribution in [-0.4, -0.2) is 32.9 Å². The Morgan fingerprint density at radius 1 is 1.15 bits per heavy atom. The van der Waals surface area contributed by atoms with Gasteiger partial charge in [-0.25, -0.2) is 14.4 Å². The quantitative estimate of drug-likeness (QED) is 0.564. The topological polar surface area (TPSA) is 83.6 Å². The number of hydrogen-bond acceptors (Lipinski definition) is 4. The summed E-state index contributed by atoms with van der Waals surface area (Å²) in [5.74, 6) is -0.718. The first kappa shape index (κ1) is 17.1. The van der Waals surface area contributed by atoms with Crippen LogP contribution in [0.4, 0.5) is 4.39 Å². The largest absolute Gasteiger partial charge is 0.354 e. The Kier molecular flexibility index (Phi) is 4.29. The van der Waals surface area contributed by atoms with Gasteiger partial charge >= 0.3 is 0 Å². The van der Waals surface area contributed by atoms with E-state index in [1.54, 1.807) is 30.6 Å². The Balaban J connectivity index is 1.92. The summed E-state index contributed by atoms with van der Waals surface area (Å²) < 4.78 is 14.3. The first-order valence-corrected chi connectivity index (χ1v) is 8.43. The third kappa shape index (κ3) is 2.92. The molecule has 134 valence electrons. The summed E-state index contributed by atoms with van der Waals surface area (Å²) in [6.45, 7) is 0. The van der Waals surface area contributed by atoms with Gasteiger partial charge in [0, 0.05) is 41.5 Å². The van der Waals surface area contributed by atoms with E-state index in [2.05, 4.69) is 25.3 Å². The van der Waals surface area contributed by atoms with E-state index in [1.165, 1.54) is 25.5 Å². The standard InChI is InChI=1S/C19H13ClFN5O/c1-22-19(27)15-9-23-8-14(26-15)12-7-25-18-16(17(12)20)11(6-24-18)10-4-2-3-5-13(10)21/h2-9H,1H3,(H,22,27)(H,24,25). The fourth-order valence-corrected chi connectivity index (χ4v) is 3.20. The summed E-state index contributed by atoms with van der Waals surface area (Å²) in [5.41, 5.74) is 2.59. The van der Waals surface area contributed by atoms with Gasteiger partial charge in [-0.05, 0) is 6.07 Å². The molecule has 0 atom stereocenters. The molecule has 27 heavy (non-hydrogen) atoms. The lowest BCUT2D eigenvalue weighted by molar-refractivity contribution is 0.0958. The van der Waals surface area contributed by atoms with Gasteiger partial charge in [0.2, 0.25) is 0 Å². The molecule has 1 amide bonds. The van der Waals surface area contributed by atoms with Crippen LogP contribution in [0.5, 0.6) is 0 Å². The molecule has 8 heteroatoms. The zero-order valence-electron chi connectivity index (χ0n) is 14.1. The number of benzene rings is 1. The highest BCUT2D eigenvalue weighted by molar-refractivity contribution is 6.39. The van der Waals surface area contributed by atoms with Crippen LogP contribution in [0.15, 0.2) is 49.1 Å². The molecule has 0 aliphatic rings. The molecule has 0 aliphatic heterocycles. The van der Waals surface area contributed by atoms with Crippen LogP contribution >= 0.6 is 11.6 Å². The van der Waals surface area contributed by atoms with Gasteiger partial charge in [0.25, 0.3) is 5.91 Å². The second kappa shape index (κ2) is 6.77. The van der Waals surface area contributed by atoms with Crippen molar-refractivity contribution in [2.45, 2.75) is 0 Å². The molecule has 6 nitrogen and oxygen atoms in total. The summed E-state index contributed by atoms with van der Waals surface area (Å²) >= 11 is 6.64. The first-order valence-electron chi connectivity index (χ1n) is 8.05. The molecular weight excluding hydrogens is 369 g/mol. The van der Waals surface area contributed by atoms with Gasteiger partial charge in [-0.3, -0.25) is 9.78 Å². The fraction of sp³-hybridized carbons (Fsp3) is 0.0526. The number of nitrogens with one attached hydrogen (secondary N) is 2. The zero-order valence-corrected chi connectivity index (χ0v) is 14.9. The third-order valence-electron chi connectivity index (χ3n) is 4.17. The molecule has 0 spiro atoms. The van der Waals surface area contributed by atoms with Crippen LogP contribution in [0.2, 0.25) is 5.02 Å². The van der Waals surface area contributed by atoms with Gasteiger partial charge in [0.15, 0.2) is 0 Å². The van der Waals surface area contributed by atoms with Crippen molar-refractivity contribution in [3.63, 3.8) is 0 Å². The second-order valence-corrected chi connectivity index (χ2v) is 6.14. The number of hydrogen-bond donors (Lipinski definition) is 2. The number of rotatable bonds is 3. The fourth-order valence-electron chi connectivity index (χ4n) is 2.86. The van der Waals surface area contributed by atoms with Crippen molar-refractivity contribution >= 4 is 28.5 Å². The van der Waals surface area contributed by atoms with Crippen LogP contribution < -0.4 is 5.32 Å². The molecule has 3 aromatic heterocycles. The number of halogens is 2. The highest BCUT2D eigenvalue weighted by atomic mass is 35.5. The van der Waals surface area contributed by atoms with E-state index in [0.29, 0.717) is 38.4 Å². The lowest BCUT2D eigenvalue weighted by Crippen LogP contribution is -2.19. The highest BCUT2D eigenvalue weighted by Gasteiger charge is 2.18. The smallest absolute Gasteiger partial charge is 0.271 e. The zero-order chi connectivity index (χ0) is 19.0. The maximum absolute atomic E-state index is 14.3. The molecule has 0 bridgehead atoms. The molecular formula is C19H13ClFN5O. The van der Waals surface area contributed by atoms with E-state index in [9.17, 15) is 9.18 Å². The minimum absolute atomic E-state index is 0.162. The summed E-state index contributed by atoms with van der Waals surface area (Å²) in [6, 6.07) is 6.43. The van der Waals surface area contributed by atoms with Gasteiger partial charge in [-0.2, -0.15) is 0 Å². The van der Waals surface area contributed by atoms with Crippen LogP contribution in [0.1, 0.15) is 10.5 Å². The predicted octanol–water partition coefficient (Wildman–Crippen LogP) is 3.84. The Labute approximate surface area is 158 Å². The number of fused-ring (bicyclic) bond motifs is 1. The maximum Gasteiger partial charge on any atom is 0.271 e. The molecule has 0 aliphatic carbocycles. The van der Waals surface area contributed by atoms with Crippen molar-refractivity contribution in [2.24, 2.45) is 0 Å². The van der Waals surface area contributed by atoms with E-state index in [-0.39, 0.29) is 17.4 Å². The molecule has 0 fully saturated rings. The van der Waals surface area contributed by atoms with E-state index in [0.717, 1.165) is 0 Å². The average molecular weight is 382 g/mol. The Bertz CT molecular complexity index is 1170. The summed E-state index contributed by atoms with van der Waals surface area (Å²) in [5, 5.41) is 3.43. The minimum Gasteiger partial charge on any atom is -0.354 e. The molecule has 0 saturated carbocycles. The number of nitrogens with zero attached hydrogens (tertiary/aromatic N) is 3. The predicted molar refractivity (Wildman–Crippen MR) is 101 cm³/mol. The average Bonchev–Trinajstić information content (AvgIpc) is 3.13. The number of aromatic amines is 1. The third-order valence-corrected chi connectivity index (χ3v) is 4.56. The Morgan fingerprint density at radius 3 is 2.74 bits per heavy atom. The lowest BCUT2D eigenvalue weighted by Gasteiger charge is -2.08. The monoisotopic (exact) mass is 381 g/mol. The van der Waals surface area contributed by atoms with E-state index >= 15 is 0 Å². The van der Waals surface area contributed by atoms with Crippen molar-refractivity contribution in [1.82, 2.24) is 25.3 Å². The molecule has 2 N–H and O–H groups in total. The summed E-state index contributed by atoms with van der Waals surface area (Å²) in [4.78, 5) is 27.5. The first-order chi connectivity index (χ1) is 13.1. The Morgan fingerprint density at radius 2 is 1.96 bits per heavy atom. The highest BCUT2D eigenvalue weighted by Crippen LogP contribution is 2.38. The van der Waals surface area contributed by atoms with Crippen LogP contribution in [0.3, 0.4) is 0 Å². The number of aromatic nitrogens is 4. The molecule has 0 radical (unpaired) electrons. The van der Waals surface area contributed by atoms with Gasteiger partial charge < -0.3 is 10.3 Å². The summed E-state index contributed by atoms with van der Waals surface area (Å²) in [6.07, 6.45) is 6.07. The molecule has 0 unspecified atom stereocenters. The maximum atomic E-state index is 14.3. The van der Waals surface area contributed by atoms with Crippen LogP contribution in [0, 0.1) is 5.82 Å². The van der Waals surface area contributed by atoms with Crippen molar-refractivity contribution in [1.29, 1.82) is 0 Å². The van der Waals surface area contributed by atoms with Gasteiger partial charge in [0.05, 0.1) is 23.1 Å². The Hall–Kier alpha value is -3.32. The number of H-pyrrole nitrogens is 1. The van der Waals surface area contributed by atoms with Crippen molar-refractivity contribution in [2.75, 3.05) is 7.05 Å². The molecule has 4 aromatic rings. The number of amides is 1. The van der Waals surface area contributed by atoms with Gasteiger partial charge in [-0.1, -0.05) is 29.8 Å². The van der Waals surface area contributed by atoms with Crippen molar-refractivity contribution in [3.8, 4) is 22.4 Å². The number of pyridine rings is 1.